The molecule has 22 heavy (non-hydrogen) atoms. The molecule has 122 valence electrons. The minimum absolute atomic E-state index is 0.337. The number of methoxy groups -OCH3 is 1. The summed E-state index contributed by atoms with van der Waals surface area (Å²) < 4.78 is 5.19. The highest BCUT2D eigenvalue weighted by Crippen LogP contribution is 2.23. The van der Waals surface area contributed by atoms with Crippen molar-refractivity contribution in [3.05, 3.63) is 29.8 Å². The third-order valence-electron chi connectivity index (χ3n) is 4.39. The van der Waals surface area contributed by atoms with Crippen LogP contribution in [0.15, 0.2) is 24.3 Å². The summed E-state index contributed by atoms with van der Waals surface area (Å²) in [7, 11) is 1.69. The summed E-state index contributed by atoms with van der Waals surface area (Å²) >= 11 is 1.75. The molecular formula is C18H27NO2S. The molecule has 0 radical (unpaired) electrons. The molecular weight excluding hydrogens is 294 g/mol. The number of benzene rings is 1. The number of carbonyl (C=O) groups is 1. The summed E-state index contributed by atoms with van der Waals surface area (Å²) in [5.41, 5.74) is 1.35. The third-order valence-corrected chi connectivity index (χ3v) is 5.00. The van der Waals surface area contributed by atoms with Crippen LogP contribution < -0.4 is 4.74 Å². The van der Waals surface area contributed by atoms with Crippen LogP contribution in [0.1, 0.15) is 31.2 Å². The van der Waals surface area contributed by atoms with Gasteiger partial charge in [-0.25, -0.2) is 0 Å². The van der Waals surface area contributed by atoms with Crippen LogP contribution in [0.25, 0.3) is 0 Å². The number of amides is 1. The average Bonchev–Trinajstić information content (AvgIpc) is 2.58. The van der Waals surface area contributed by atoms with Gasteiger partial charge < -0.3 is 9.64 Å². The number of piperidine rings is 1. The highest BCUT2D eigenvalue weighted by molar-refractivity contribution is 7.98. The number of rotatable bonds is 7. The fraction of sp³-hybridized carbons (Fsp3) is 0.611. The number of hydrogen-bond donors (Lipinski definition) is 0. The van der Waals surface area contributed by atoms with Crippen molar-refractivity contribution >= 4 is 17.7 Å². The van der Waals surface area contributed by atoms with Gasteiger partial charge in [0.05, 0.1) is 7.11 Å². The third kappa shape index (κ3) is 5.24. The van der Waals surface area contributed by atoms with Crippen LogP contribution in [0.2, 0.25) is 0 Å². The van der Waals surface area contributed by atoms with Crippen molar-refractivity contribution in [2.24, 2.45) is 5.92 Å². The van der Waals surface area contributed by atoms with E-state index in [1.54, 1.807) is 18.9 Å². The monoisotopic (exact) mass is 321 g/mol. The van der Waals surface area contributed by atoms with Gasteiger partial charge >= 0.3 is 0 Å². The second-order valence-corrected chi connectivity index (χ2v) is 6.96. The normalized spacial score (nSPS) is 18.3. The van der Waals surface area contributed by atoms with E-state index in [1.807, 2.05) is 12.1 Å². The summed E-state index contributed by atoms with van der Waals surface area (Å²) in [6.07, 6.45) is 7.40. The molecule has 1 fully saturated rings. The Morgan fingerprint density at radius 3 is 2.82 bits per heavy atom. The maximum absolute atomic E-state index is 12.1. The van der Waals surface area contributed by atoms with E-state index in [-0.39, 0.29) is 0 Å². The topological polar surface area (TPSA) is 29.5 Å². The van der Waals surface area contributed by atoms with Crippen LogP contribution in [0.5, 0.6) is 5.75 Å². The van der Waals surface area contributed by atoms with Crippen molar-refractivity contribution in [1.82, 2.24) is 4.90 Å². The van der Waals surface area contributed by atoms with E-state index in [9.17, 15) is 4.79 Å². The van der Waals surface area contributed by atoms with Crippen molar-refractivity contribution in [3.63, 3.8) is 0 Å². The van der Waals surface area contributed by atoms with Crippen molar-refractivity contribution in [2.75, 3.05) is 32.2 Å². The lowest BCUT2D eigenvalue weighted by Gasteiger charge is -2.33. The summed E-state index contributed by atoms with van der Waals surface area (Å²) in [5, 5.41) is 0. The fourth-order valence-electron chi connectivity index (χ4n) is 3.04. The molecule has 0 bridgehead atoms. The smallest absolute Gasteiger partial charge is 0.223 e. The Morgan fingerprint density at radius 1 is 1.36 bits per heavy atom. The van der Waals surface area contributed by atoms with Crippen LogP contribution in [-0.2, 0) is 11.2 Å². The van der Waals surface area contributed by atoms with Gasteiger partial charge in [-0.05, 0) is 55.6 Å². The Hall–Kier alpha value is -1.16. The predicted octanol–water partition coefficient (Wildman–Crippen LogP) is 3.62. The fourth-order valence-corrected chi connectivity index (χ4v) is 3.42. The maximum Gasteiger partial charge on any atom is 0.223 e. The number of nitrogens with zero attached hydrogens (tertiary/aromatic N) is 1. The van der Waals surface area contributed by atoms with E-state index in [0.717, 1.165) is 37.4 Å². The molecule has 0 spiro atoms. The number of aryl methyl sites for hydroxylation is 1. The average molecular weight is 321 g/mol. The van der Waals surface area contributed by atoms with Crippen LogP contribution in [-0.4, -0.2) is 43.0 Å². The van der Waals surface area contributed by atoms with Gasteiger partial charge in [0, 0.05) is 25.3 Å². The quantitative estimate of drug-likeness (QED) is 0.768. The predicted molar refractivity (Wildman–Crippen MR) is 93.6 cm³/mol. The molecule has 4 heteroatoms. The van der Waals surface area contributed by atoms with Gasteiger partial charge in [-0.1, -0.05) is 12.1 Å². The molecule has 1 aliphatic rings. The van der Waals surface area contributed by atoms with E-state index < -0.39 is 0 Å². The molecule has 0 N–H and O–H groups in total. The first-order chi connectivity index (χ1) is 10.7. The minimum atomic E-state index is 0.337. The van der Waals surface area contributed by atoms with E-state index in [0.29, 0.717) is 18.2 Å². The Labute approximate surface area is 138 Å². The Morgan fingerprint density at radius 2 is 2.14 bits per heavy atom. The molecule has 3 nitrogen and oxygen atoms in total. The lowest BCUT2D eigenvalue weighted by Crippen LogP contribution is -2.40. The Bertz CT molecular complexity index is 461. The van der Waals surface area contributed by atoms with Crippen molar-refractivity contribution in [2.45, 2.75) is 32.1 Å². The van der Waals surface area contributed by atoms with Crippen LogP contribution in [0.4, 0.5) is 0 Å². The maximum atomic E-state index is 12.1. The molecule has 0 aromatic heterocycles. The van der Waals surface area contributed by atoms with Gasteiger partial charge in [0.1, 0.15) is 5.75 Å². The summed E-state index contributed by atoms with van der Waals surface area (Å²) in [5.74, 6) is 2.83. The molecule has 1 amide bonds. The van der Waals surface area contributed by atoms with Gasteiger partial charge in [0.15, 0.2) is 0 Å². The van der Waals surface area contributed by atoms with Crippen molar-refractivity contribution in [1.29, 1.82) is 0 Å². The highest BCUT2D eigenvalue weighted by atomic mass is 32.2. The summed E-state index contributed by atoms with van der Waals surface area (Å²) in [6.45, 7) is 1.90. The Balaban J connectivity index is 1.78. The molecule has 1 heterocycles. The number of likely N-dealkylation sites (tertiary alicyclic amines) is 1. The first-order valence-corrected chi connectivity index (χ1v) is 9.52. The number of ether oxygens (including phenoxy) is 1. The largest absolute Gasteiger partial charge is 0.497 e. The second-order valence-electron chi connectivity index (χ2n) is 5.98. The van der Waals surface area contributed by atoms with Gasteiger partial charge in [-0.15, -0.1) is 0 Å². The zero-order chi connectivity index (χ0) is 15.8. The van der Waals surface area contributed by atoms with Crippen molar-refractivity contribution < 1.29 is 9.53 Å². The molecule has 1 aromatic carbocycles. The van der Waals surface area contributed by atoms with Gasteiger partial charge in [-0.3, -0.25) is 4.79 Å². The van der Waals surface area contributed by atoms with Crippen LogP contribution in [0, 0.1) is 5.92 Å². The number of hydrogen-bond acceptors (Lipinski definition) is 3. The van der Waals surface area contributed by atoms with Crippen LogP contribution in [0.3, 0.4) is 0 Å². The SMILES string of the molecule is COc1ccc(CCC2CCCN(C(=O)CCSC)C2)cc1. The molecule has 1 saturated heterocycles. The van der Waals surface area contributed by atoms with E-state index in [2.05, 4.69) is 23.3 Å². The van der Waals surface area contributed by atoms with E-state index in [1.165, 1.54) is 18.4 Å². The first kappa shape index (κ1) is 17.2. The van der Waals surface area contributed by atoms with Crippen molar-refractivity contribution in [3.8, 4) is 5.75 Å². The molecule has 0 aliphatic carbocycles. The highest BCUT2D eigenvalue weighted by Gasteiger charge is 2.22. The molecule has 1 aliphatic heterocycles. The molecule has 1 aromatic rings. The Kier molecular flexibility index (Phi) is 7.10. The lowest BCUT2D eigenvalue weighted by atomic mass is 9.91. The molecule has 1 atom stereocenters. The summed E-state index contributed by atoms with van der Waals surface area (Å²) in [6, 6.07) is 8.33. The zero-order valence-corrected chi connectivity index (χ0v) is 14.5. The second kappa shape index (κ2) is 9.09. The van der Waals surface area contributed by atoms with Crippen LogP contribution >= 0.6 is 11.8 Å². The zero-order valence-electron chi connectivity index (χ0n) is 13.7. The number of carbonyl (C=O) groups excluding carboxylic acids is 1. The molecule has 2 rings (SSSR count). The summed E-state index contributed by atoms with van der Waals surface area (Å²) in [4.78, 5) is 14.2. The van der Waals surface area contributed by atoms with E-state index >= 15 is 0 Å². The molecule has 1 unspecified atom stereocenters. The van der Waals surface area contributed by atoms with E-state index in [4.69, 9.17) is 4.74 Å². The standard InChI is InChI=1S/C18H27NO2S/c1-21-17-9-7-15(8-10-17)5-6-16-4-3-12-19(14-16)18(20)11-13-22-2/h7-10,16H,3-6,11-14H2,1-2H3. The van der Waals surface area contributed by atoms with Gasteiger partial charge in [-0.2, -0.15) is 11.8 Å². The number of thioether (sulfide) groups is 1. The van der Waals surface area contributed by atoms with Gasteiger partial charge in [0.25, 0.3) is 0 Å². The molecule has 0 saturated carbocycles. The van der Waals surface area contributed by atoms with Gasteiger partial charge in [0.2, 0.25) is 5.91 Å². The lowest BCUT2D eigenvalue weighted by molar-refractivity contribution is -0.132. The minimum Gasteiger partial charge on any atom is -0.497 e. The first-order valence-electron chi connectivity index (χ1n) is 8.12.